The average Bonchev–Trinajstić information content (AvgIpc) is 2.18. The first-order valence-electron chi connectivity index (χ1n) is 5.36. The van der Waals surface area contributed by atoms with Gasteiger partial charge < -0.3 is 5.32 Å². The molecule has 0 fully saturated rings. The van der Waals surface area contributed by atoms with Crippen molar-refractivity contribution in [3.8, 4) is 0 Å². The van der Waals surface area contributed by atoms with Gasteiger partial charge in [0.15, 0.2) is 0 Å². The lowest BCUT2D eigenvalue weighted by Crippen LogP contribution is -2.28. The van der Waals surface area contributed by atoms with Gasteiger partial charge in [0.2, 0.25) is 0 Å². The molecule has 1 aromatic rings. The van der Waals surface area contributed by atoms with E-state index in [9.17, 15) is 4.79 Å². The molecule has 0 unspecified atom stereocenters. The monoisotopic (exact) mass is 205 g/mol. The summed E-state index contributed by atoms with van der Waals surface area (Å²) in [6.45, 7) is 8.91. The zero-order chi connectivity index (χ0) is 11.4. The number of amides is 1. The number of hydrogen-bond acceptors (Lipinski definition) is 1. The third-order valence-electron chi connectivity index (χ3n) is 2.52. The molecule has 1 aromatic carbocycles. The van der Waals surface area contributed by atoms with E-state index >= 15 is 0 Å². The van der Waals surface area contributed by atoms with E-state index in [4.69, 9.17) is 0 Å². The lowest BCUT2D eigenvalue weighted by molar-refractivity contribution is 0.0948. The molecule has 82 valence electrons. The Labute approximate surface area is 91.7 Å². The van der Waals surface area contributed by atoms with E-state index in [-0.39, 0.29) is 5.91 Å². The minimum Gasteiger partial charge on any atom is -0.352 e. The van der Waals surface area contributed by atoms with Crippen LogP contribution in [0.25, 0.3) is 0 Å². The van der Waals surface area contributed by atoms with Crippen molar-refractivity contribution < 1.29 is 4.79 Å². The van der Waals surface area contributed by atoms with Gasteiger partial charge in [-0.05, 0) is 37.0 Å². The quantitative estimate of drug-likeness (QED) is 0.807. The van der Waals surface area contributed by atoms with Gasteiger partial charge in [0.05, 0.1) is 0 Å². The molecule has 0 heterocycles. The van der Waals surface area contributed by atoms with Crippen LogP contribution in [-0.4, -0.2) is 12.5 Å². The van der Waals surface area contributed by atoms with Crippen LogP contribution in [0.15, 0.2) is 18.2 Å². The zero-order valence-electron chi connectivity index (χ0n) is 9.92. The van der Waals surface area contributed by atoms with Crippen LogP contribution in [0.3, 0.4) is 0 Å². The molecule has 0 bridgehead atoms. The summed E-state index contributed by atoms with van der Waals surface area (Å²) in [6, 6.07) is 5.82. The highest BCUT2D eigenvalue weighted by molar-refractivity contribution is 5.95. The van der Waals surface area contributed by atoms with E-state index < -0.39 is 0 Å². The number of rotatable bonds is 3. The third-order valence-corrected chi connectivity index (χ3v) is 2.52. The lowest BCUT2D eigenvalue weighted by Gasteiger charge is -2.10. The Morgan fingerprint density at radius 2 is 2.00 bits per heavy atom. The van der Waals surface area contributed by atoms with E-state index in [0.717, 1.165) is 23.2 Å². The molecule has 0 aliphatic carbocycles. The molecule has 0 radical (unpaired) electrons. The van der Waals surface area contributed by atoms with Crippen LogP contribution in [0.4, 0.5) is 0 Å². The number of nitrogens with one attached hydrogen (secondary N) is 1. The van der Waals surface area contributed by atoms with Crippen LogP contribution in [0, 0.1) is 19.8 Å². The number of carbonyl (C=O) groups is 1. The van der Waals surface area contributed by atoms with Crippen LogP contribution in [0.5, 0.6) is 0 Å². The van der Waals surface area contributed by atoms with Gasteiger partial charge in [-0.25, -0.2) is 0 Å². The van der Waals surface area contributed by atoms with Crippen LogP contribution in [0.1, 0.15) is 35.3 Å². The Morgan fingerprint density at radius 3 is 2.60 bits per heavy atom. The second-order valence-corrected chi connectivity index (χ2v) is 4.35. The van der Waals surface area contributed by atoms with Gasteiger partial charge in [-0.2, -0.15) is 0 Å². The summed E-state index contributed by atoms with van der Waals surface area (Å²) >= 11 is 0. The summed E-state index contributed by atoms with van der Waals surface area (Å²) in [6.07, 6.45) is 0. The van der Waals surface area contributed by atoms with Gasteiger partial charge in [-0.15, -0.1) is 0 Å². The second-order valence-electron chi connectivity index (χ2n) is 4.35. The van der Waals surface area contributed by atoms with Crippen molar-refractivity contribution >= 4 is 5.91 Å². The molecule has 0 aliphatic rings. The zero-order valence-corrected chi connectivity index (χ0v) is 9.92. The highest BCUT2D eigenvalue weighted by Crippen LogP contribution is 2.12. The normalized spacial score (nSPS) is 10.5. The summed E-state index contributed by atoms with van der Waals surface area (Å²) in [5.74, 6) is 0.518. The Kier molecular flexibility index (Phi) is 3.89. The first kappa shape index (κ1) is 11.8. The van der Waals surface area contributed by atoms with Gasteiger partial charge >= 0.3 is 0 Å². The molecular weight excluding hydrogens is 186 g/mol. The maximum Gasteiger partial charge on any atom is 0.251 e. The smallest absolute Gasteiger partial charge is 0.251 e. The van der Waals surface area contributed by atoms with Crippen molar-refractivity contribution in [1.29, 1.82) is 0 Å². The van der Waals surface area contributed by atoms with E-state index in [1.54, 1.807) is 0 Å². The minimum atomic E-state index is 0.0323. The third kappa shape index (κ3) is 3.08. The minimum absolute atomic E-state index is 0.0323. The second kappa shape index (κ2) is 4.96. The van der Waals surface area contributed by atoms with E-state index in [1.165, 1.54) is 0 Å². The molecule has 2 heteroatoms. The Bertz CT molecular complexity index is 356. The molecule has 1 amide bonds. The molecule has 0 atom stereocenters. The number of hydrogen-bond donors (Lipinski definition) is 1. The first-order chi connectivity index (χ1) is 7.02. The van der Waals surface area contributed by atoms with Crippen LogP contribution >= 0.6 is 0 Å². The number of carbonyl (C=O) groups excluding carboxylic acids is 1. The first-order valence-corrected chi connectivity index (χ1v) is 5.36. The van der Waals surface area contributed by atoms with E-state index in [2.05, 4.69) is 19.2 Å². The van der Waals surface area contributed by atoms with Crippen LogP contribution in [0.2, 0.25) is 0 Å². The molecule has 15 heavy (non-hydrogen) atoms. The Balaban J connectivity index is 2.78. The van der Waals surface area contributed by atoms with Gasteiger partial charge in [-0.3, -0.25) is 4.79 Å². The fraction of sp³-hybridized carbons (Fsp3) is 0.462. The highest BCUT2D eigenvalue weighted by atomic mass is 16.1. The molecule has 1 rings (SSSR count). The van der Waals surface area contributed by atoms with Gasteiger partial charge in [0.1, 0.15) is 0 Å². The molecule has 2 nitrogen and oxygen atoms in total. The molecular formula is C13H19NO. The Morgan fingerprint density at radius 1 is 1.33 bits per heavy atom. The van der Waals surface area contributed by atoms with Crippen molar-refractivity contribution in [2.24, 2.45) is 5.92 Å². The Hall–Kier alpha value is -1.31. The van der Waals surface area contributed by atoms with E-state index in [0.29, 0.717) is 5.92 Å². The number of benzene rings is 1. The molecule has 0 aromatic heterocycles. The van der Waals surface area contributed by atoms with Crippen molar-refractivity contribution in [2.45, 2.75) is 27.7 Å². The summed E-state index contributed by atoms with van der Waals surface area (Å²) in [4.78, 5) is 11.8. The molecule has 0 saturated heterocycles. The van der Waals surface area contributed by atoms with Crippen molar-refractivity contribution in [2.75, 3.05) is 6.54 Å². The topological polar surface area (TPSA) is 29.1 Å². The lowest BCUT2D eigenvalue weighted by atomic mass is 10.0. The maximum atomic E-state index is 11.8. The average molecular weight is 205 g/mol. The van der Waals surface area contributed by atoms with Crippen molar-refractivity contribution in [3.05, 3.63) is 34.9 Å². The largest absolute Gasteiger partial charge is 0.352 e. The van der Waals surface area contributed by atoms with Crippen LogP contribution in [-0.2, 0) is 0 Å². The van der Waals surface area contributed by atoms with Crippen molar-refractivity contribution in [1.82, 2.24) is 5.32 Å². The summed E-state index contributed by atoms with van der Waals surface area (Å²) < 4.78 is 0. The van der Waals surface area contributed by atoms with Gasteiger partial charge in [0.25, 0.3) is 5.91 Å². The standard InChI is InChI=1S/C13H19NO/c1-9(2)8-14-13(15)12-7-5-6-10(3)11(12)4/h5-7,9H,8H2,1-4H3,(H,14,15). The van der Waals surface area contributed by atoms with Gasteiger partial charge in [0, 0.05) is 12.1 Å². The van der Waals surface area contributed by atoms with Crippen molar-refractivity contribution in [3.63, 3.8) is 0 Å². The maximum absolute atomic E-state index is 11.8. The molecule has 0 aliphatic heterocycles. The fourth-order valence-corrected chi connectivity index (χ4v) is 1.39. The predicted molar refractivity (Wildman–Crippen MR) is 63.1 cm³/mol. The summed E-state index contributed by atoms with van der Waals surface area (Å²) in [7, 11) is 0. The molecule has 0 saturated carbocycles. The SMILES string of the molecule is Cc1cccc(C(=O)NCC(C)C)c1C. The fourth-order valence-electron chi connectivity index (χ4n) is 1.39. The predicted octanol–water partition coefficient (Wildman–Crippen LogP) is 2.69. The van der Waals surface area contributed by atoms with Gasteiger partial charge in [-0.1, -0.05) is 26.0 Å². The van der Waals surface area contributed by atoms with Crippen LogP contribution < -0.4 is 5.32 Å². The molecule has 0 spiro atoms. The summed E-state index contributed by atoms with van der Waals surface area (Å²) in [5.41, 5.74) is 3.02. The number of aryl methyl sites for hydroxylation is 1. The molecule has 1 N–H and O–H groups in total. The van der Waals surface area contributed by atoms with E-state index in [1.807, 2.05) is 32.0 Å². The summed E-state index contributed by atoms with van der Waals surface area (Å²) in [5, 5.41) is 2.93. The highest BCUT2D eigenvalue weighted by Gasteiger charge is 2.09.